The molecule has 0 saturated carbocycles. The molecule has 2 aromatic carbocycles. The molecule has 0 amide bonds. The molecule has 0 saturated heterocycles. The highest BCUT2D eigenvalue weighted by molar-refractivity contribution is 7.92. The van der Waals surface area contributed by atoms with Gasteiger partial charge in [0.05, 0.1) is 5.60 Å². The van der Waals surface area contributed by atoms with Crippen molar-refractivity contribution in [2.45, 2.75) is 54.2 Å². The van der Waals surface area contributed by atoms with Crippen molar-refractivity contribution in [3.05, 3.63) is 59.7 Å². The number of alkyl halides is 3. The summed E-state index contributed by atoms with van der Waals surface area (Å²) in [5, 5.41) is 10.5. The van der Waals surface area contributed by atoms with Gasteiger partial charge in [0, 0.05) is 11.1 Å². The average molecular weight is 452 g/mol. The van der Waals surface area contributed by atoms with Crippen LogP contribution in [0.3, 0.4) is 0 Å². The third-order valence-corrected chi connectivity index (χ3v) is 6.74. The van der Waals surface area contributed by atoms with E-state index < -0.39 is 32.4 Å². The van der Waals surface area contributed by atoms with E-state index in [1.54, 1.807) is 0 Å². The van der Waals surface area contributed by atoms with Crippen LogP contribution < -0.4 is 0 Å². The summed E-state index contributed by atoms with van der Waals surface area (Å²) in [5.41, 5.74) is -4.55. The largest absolute Gasteiger partial charge is 0.522 e. The minimum atomic E-state index is -5.84. The second-order valence-electron chi connectivity index (χ2n) is 7.33. The number of fused-ring (bicyclic) bond motifs is 1. The van der Waals surface area contributed by atoms with Crippen molar-refractivity contribution in [3.63, 3.8) is 0 Å². The van der Waals surface area contributed by atoms with Gasteiger partial charge in [0.15, 0.2) is 5.60 Å². The van der Waals surface area contributed by atoms with Gasteiger partial charge in [-0.05, 0) is 39.8 Å². The summed E-state index contributed by atoms with van der Waals surface area (Å²) in [7, 11) is -5.84. The van der Waals surface area contributed by atoms with E-state index in [9.17, 15) is 18.3 Å². The molecular weight excluding hydrogens is 429 g/mol. The molecule has 0 spiro atoms. The Hall–Kier alpha value is -1.59. The number of halogens is 3. The Labute approximate surface area is 170 Å². The molecular formula is C19H22F3O5S2+. The topological polar surface area (TPSA) is 83.8 Å². The lowest BCUT2D eigenvalue weighted by molar-refractivity contribution is -0.0510. The maximum Gasteiger partial charge on any atom is 0.522 e. The molecule has 2 aromatic rings. The van der Waals surface area contributed by atoms with Gasteiger partial charge in [-0.25, -0.2) is 0 Å². The maximum absolute atomic E-state index is 10.7. The molecule has 160 valence electrons. The van der Waals surface area contributed by atoms with Gasteiger partial charge in [0.1, 0.15) is 0 Å². The van der Waals surface area contributed by atoms with Gasteiger partial charge < -0.3 is 5.11 Å². The minimum Gasteiger partial charge on any atom is -0.386 e. The lowest BCUT2D eigenvalue weighted by Gasteiger charge is -2.19. The summed E-state index contributed by atoms with van der Waals surface area (Å²) < 4.78 is 63.9. The first-order chi connectivity index (χ1) is 13.1. The molecule has 1 atom stereocenters. The summed E-state index contributed by atoms with van der Waals surface area (Å²) in [6, 6.07) is 16.4. The smallest absolute Gasteiger partial charge is 0.386 e. The van der Waals surface area contributed by atoms with Gasteiger partial charge in [-0.2, -0.15) is 25.8 Å². The van der Waals surface area contributed by atoms with E-state index in [2.05, 4.69) is 44.2 Å². The number of rotatable bonds is 2. The second kappa shape index (κ2) is 7.92. The highest BCUT2D eigenvalue weighted by Crippen LogP contribution is 2.46. The van der Waals surface area contributed by atoms with E-state index in [4.69, 9.17) is 17.2 Å². The van der Waals surface area contributed by atoms with Crippen LogP contribution in [-0.2, 0) is 36.7 Å². The zero-order valence-electron chi connectivity index (χ0n) is 16.2. The molecule has 5 nitrogen and oxygen atoms in total. The van der Waals surface area contributed by atoms with E-state index in [0.29, 0.717) is 0 Å². The van der Waals surface area contributed by atoms with Gasteiger partial charge in [0.25, 0.3) is 0 Å². The molecule has 0 radical (unpaired) electrons. The first kappa shape index (κ1) is 23.7. The van der Waals surface area contributed by atoms with Gasteiger partial charge in [0.2, 0.25) is 21.0 Å². The zero-order chi connectivity index (χ0) is 22.3. The van der Waals surface area contributed by atoms with Crippen LogP contribution in [0, 0.1) is 0 Å². The summed E-state index contributed by atoms with van der Waals surface area (Å²) in [6.45, 7) is 7.85. The van der Waals surface area contributed by atoms with E-state index in [-0.39, 0.29) is 5.60 Å². The van der Waals surface area contributed by atoms with E-state index in [1.807, 2.05) is 32.0 Å². The normalized spacial score (nSPS) is 18.6. The highest BCUT2D eigenvalue weighted by Gasteiger charge is 2.50. The SMILES string of the molecule is CC(C)(O)c1ccccc1[S+]1OC(C)(C)c2ccccc21.O=S(=O)(O)C(F)(F)F. The van der Waals surface area contributed by atoms with Crippen LogP contribution in [0.1, 0.15) is 38.8 Å². The van der Waals surface area contributed by atoms with Crippen molar-refractivity contribution in [1.29, 1.82) is 0 Å². The monoisotopic (exact) mass is 451 g/mol. The molecule has 1 aliphatic rings. The highest BCUT2D eigenvalue weighted by atomic mass is 32.2. The summed E-state index contributed by atoms with van der Waals surface area (Å²) in [6.07, 6.45) is 0. The van der Waals surface area contributed by atoms with Crippen molar-refractivity contribution < 1.29 is 35.4 Å². The number of hydrogen-bond acceptors (Lipinski definition) is 4. The van der Waals surface area contributed by atoms with Crippen molar-refractivity contribution >= 4 is 21.3 Å². The Morgan fingerprint density at radius 3 is 1.90 bits per heavy atom. The quantitative estimate of drug-likeness (QED) is 0.398. The van der Waals surface area contributed by atoms with Crippen LogP contribution in [-0.4, -0.2) is 23.6 Å². The van der Waals surface area contributed by atoms with Gasteiger partial charge in [-0.1, -0.05) is 36.4 Å². The Bertz CT molecular complexity index is 980. The molecule has 10 heteroatoms. The van der Waals surface area contributed by atoms with Crippen molar-refractivity contribution in [2.75, 3.05) is 0 Å². The minimum absolute atomic E-state index is 0.299. The lowest BCUT2D eigenvalue weighted by Crippen LogP contribution is -2.21. The molecule has 1 aliphatic heterocycles. The van der Waals surface area contributed by atoms with Crippen molar-refractivity contribution in [1.82, 2.24) is 0 Å². The van der Waals surface area contributed by atoms with Crippen LogP contribution in [0.4, 0.5) is 13.2 Å². The number of benzene rings is 2. The Morgan fingerprint density at radius 2 is 1.41 bits per heavy atom. The van der Waals surface area contributed by atoms with Gasteiger partial charge >= 0.3 is 15.6 Å². The van der Waals surface area contributed by atoms with Crippen molar-refractivity contribution in [2.24, 2.45) is 0 Å². The van der Waals surface area contributed by atoms with Crippen molar-refractivity contribution in [3.8, 4) is 0 Å². The van der Waals surface area contributed by atoms with E-state index in [1.165, 1.54) is 10.5 Å². The average Bonchev–Trinajstić information content (AvgIpc) is 2.85. The van der Waals surface area contributed by atoms with Crippen LogP contribution >= 0.6 is 0 Å². The predicted molar refractivity (Wildman–Crippen MR) is 104 cm³/mol. The van der Waals surface area contributed by atoms with Crippen LogP contribution in [0.5, 0.6) is 0 Å². The Morgan fingerprint density at radius 1 is 0.966 bits per heavy atom. The second-order valence-corrected chi connectivity index (χ2v) is 10.3. The number of hydrogen-bond donors (Lipinski definition) is 2. The van der Waals surface area contributed by atoms with Crippen LogP contribution in [0.25, 0.3) is 0 Å². The van der Waals surface area contributed by atoms with E-state index in [0.717, 1.165) is 10.5 Å². The molecule has 29 heavy (non-hydrogen) atoms. The lowest BCUT2D eigenvalue weighted by atomic mass is 9.98. The van der Waals surface area contributed by atoms with Gasteiger partial charge in [-0.15, -0.1) is 0 Å². The maximum atomic E-state index is 10.7. The fourth-order valence-electron chi connectivity index (χ4n) is 2.72. The summed E-state index contributed by atoms with van der Waals surface area (Å²) in [5.74, 6) is 0. The summed E-state index contributed by atoms with van der Waals surface area (Å²) >= 11 is -0.453. The van der Waals surface area contributed by atoms with Crippen LogP contribution in [0.15, 0.2) is 58.3 Å². The molecule has 0 aromatic heterocycles. The third-order valence-electron chi connectivity index (χ3n) is 4.07. The number of aliphatic hydroxyl groups is 1. The molecule has 0 bridgehead atoms. The molecule has 2 N–H and O–H groups in total. The molecule has 1 unspecified atom stereocenters. The fourth-order valence-corrected chi connectivity index (χ4v) is 5.08. The Kier molecular flexibility index (Phi) is 6.47. The standard InChI is InChI=1S/C18H21O2S.CHF3O3S/c1-17(2,19)13-9-5-7-11-15(13)21-16-12-8-6-10-14(16)18(3,4)20-21;2-1(3,4)8(5,6)7/h5-12,19H,1-4H3;(H,5,6,7)/q+1;. The first-order valence-corrected chi connectivity index (χ1v) is 11.0. The fraction of sp³-hybridized carbons (Fsp3) is 0.368. The Balaban J connectivity index is 0.000000321. The molecule has 3 rings (SSSR count). The molecule has 0 aliphatic carbocycles. The van der Waals surface area contributed by atoms with Gasteiger partial charge in [-0.3, -0.25) is 4.55 Å². The molecule has 1 heterocycles. The summed E-state index contributed by atoms with van der Waals surface area (Å²) in [4.78, 5) is 2.29. The van der Waals surface area contributed by atoms with E-state index >= 15 is 0 Å². The third kappa shape index (κ3) is 5.32. The van der Waals surface area contributed by atoms with Crippen LogP contribution in [0.2, 0.25) is 0 Å². The predicted octanol–water partition coefficient (Wildman–Crippen LogP) is 4.52. The zero-order valence-corrected chi connectivity index (χ0v) is 17.8. The first-order valence-electron chi connectivity index (χ1n) is 8.44. The molecule has 0 fully saturated rings.